The van der Waals surface area contributed by atoms with Crippen molar-refractivity contribution in [3.63, 3.8) is 0 Å². The molecule has 21 heavy (non-hydrogen) atoms. The lowest BCUT2D eigenvalue weighted by molar-refractivity contribution is 0.0690. The van der Waals surface area contributed by atoms with E-state index in [0.717, 1.165) is 0 Å². The van der Waals surface area contributed by atoms with Gasteiger partial charge in [-0.25, -0.2) is 18.9 Å². The first kappa shape index (κ1) is 13.0. The molecule has 0 spiro atoms. The van der Waals surface area contributed by atoms with Crippen molar-refractivity contribution in [1.82, 2.24) is 14.8 Å². The van der Waals surface area contributed by atoms with E-state index in [0.29, 0.717) is 11.5 Å². The van der Waals surface area contributed by atoms with Crippen molar-refractivity contribution in [2.45, 2.75) is 0 Å². The average molecular weight is 283 g/mol. The second kappa shape index (κ2) is 5.16. The lowest BCUT2D eigenvalue weighted by Crippen LogP contribution is -2.04. The van der Waals surface area contributed by atoms with Crippen LogP contribution in [0.3, 0.4) is 0 Å². The first-order valence-electron chi connectivity index (χ1n) is 6.16. The van der Waals surface area contributed by atoms with Crippen molar-refractivity contribution in [3.8, 4) is 17.1 Å². The number of pyridine rings is 1. The van der Waals surface area contributed by atoms with Gasteiger partial charge in [-0.15, -0.1) is 0 Å². The van der Waals surface area contributed by atoms with Crippen LogP contribution in [0.4, 0.5) is 4.39 Å². The van der Waals surface area contributed by atoms with E-state index in [4.69, 9.17) is 5.11 Å². The van der Waals surface area contributed by atoms with Gasteiger partial charge in [0, 0.05) is 11.8 Å². The van der Waals surface area contributed by atoms with Gasteiger partial charge in [-0.1, -0.05) is 18.2 Å². The van der Waals surface area contributed by atoms with Crippen molar-refractivity contribution < 1.29 is 14.3 Å². The molecule has 0 unspecified atom stereocenters. The van der Waals surface area contributed by atoms with E-state index in [-0.39, 0.29) is 11.3 Å². The van der Waals surface area contributed by atoms with Crippen molar-refractivity contribution in [2.75, 3.05) is 0 Å². The minimum atomic E-state index is -1.18. The van der Waals surface area contributed by atoms with Crippen LogP contribution >= 0.6 is 0 Å². The van der Waals surface area contributed by atoms with E-state index < -0.39 is 11.8 Å². The molecule has 0 fully saturated rings. The summed E-state index contributed by atoms with van der Waals surface area (Å²) in [7, 11) is 0. The molecule has 0 aliphatic rings. The Morgan fingerprint density at radius 1 is 1.14 bits per heavy atom. The third-order valence-corrected chi connectivity index (χ3v) is 2.94. The molecule has 3 rings (SSSR count). The van der Waals surface area contributed by atoms with Crippen molar-refractivity contribution in [1.29, 1.82) is 0 Å². The summed E-state index contributed by atoms with van der Waals surface area (Å²) in [6.45, 7) is 0. The number of aromatic nitrogens is 3. The summed E-state index contributed by atoms with van der Waals surface area (Å²) in [5, 5.41) is 13.1. The molecular formula is C15H10FN3O2. The molecule has 5 nitrogen and oxygen atoms in total. The van der Waals surface area contributed by atoms with E-state index in [1.54, 1.807) is 42.6 Å². The zero-order valence-electron chi connectivity index (χ0n) is 10.8. The zero-order valence-corrected chi connectivity index (χ0v) is 10.8. The van der Waals surface area contributed by atoms with Crippen LogP contribution < -0.4 is 0 Å². The Morgan fingerprint density at radius 3 is 2.57 bits per heavy atom. The van der Waals surface area contributed by atoms with Gasteiger partial charge in [-0.3, -0.25) is 0 Å². The highest BCUT2D eigenvalue weighted by Crippen LogP contribution is 2.25. The van der Waals surface area contributed by atoms with Crippen LogP contribution in [0.15, 0.2) is 54.7 Å². The molecule has 0 saturated carbocycles. The van der Waals surface area contributed by atoms with Gasteiger partial charge in [0.2, 0.25) is 0 Å². The average Bonchev–Trinajstić information content (AvgIpc) is 2.94. The second-order valence-electron chi connectivity index (χ2n) is 4.30. The number of rotatable bonds is 3. The number of benzene rings is 1. The van der Waals surface area contributed by atoms with E-state index in [2.05, 4.69) is 10.1 Å². The molecule has 2 aromatic heterocycles. The second-order valence-corrected chi connectivity index (χ2v) is 4.30. The van der Waals surface area contributed by atoms with E-state index >= 15 is 0 Å². The standard InChI is InChI=1S/C15H10FN3O2/c16-11-6-2-1-5-10(11)13-9-12(15(20)21)18-19(13)14-7-3-4-8-17-14/h1-9H,(H,20,21). The fourth-order valence-electron chi connectivity index (χ4n) is 2.00. The van der Waals surface area contributed by atoms with Gasteiger partial charge in [0.25, 0.3) is 0 Å². The minimum Gasteiger partial charge on any atom is -0.476 e. The Labute approximate surface area is 119 Å². The zero-order chi connectivity index (χ0) is 14.8. The fraction of sp³-hybridized carbons (Fsp3) is 0. The maximum absolute atomic E-state index is 14.0. The van der Waals surface area contributed by atoms with Crippen molar-refractivity contribution in [2.24, 2.45) is 0 Å². The summed E-state index contributed by atoms with van der Waals surface area (Å²) in [5.41, 5.74) is 0.436. The Morgan fingerprint density at radius 2 is 1.90 bits per heavy atom. The van der Waals surface area contributed by atoms with Gasteiger partial charge in [0.15, 0.2) is 11.5 Å². The third-order valence-electron chi connectivity index (χ3n) is 2.94. The Bertz CT molecular complexity index is 800. The predicted octanol–water partition coefficient (Wildman–Crippen LogP) is 2.77. The van der Waals surface area contributed by atoms with Crippen LogP contribution in [-0.2, 0) is 0 Å². The molecule has 0 atom stereocenters. The largest absolute Gasteiger partial charge is 0.476 e. The van der Waals surface area contributed by atoms with Gasteiger partial charge in [-0.2, -0.15) is 5.10 Å². The number of carboxylic acid groups (broad SMARTS) is 1. The topological polar surface area (TPSA) is 68.0 Å². The number of nitrogens with zero attached hydrogens (tertiary/aromatic N) is 3. The quantitative estimate of drug-likeness (QED) is 0.802. The van der Waals surface area contributed by atoms with Crippen LogP contribution in [0.25, 0.3) is 17.1 Å². The number of carbonyl (C=O) groups is 1. The summed E-state index contributed by atoms with van der Waals surface area (Å²) in [5.74, 6) is -1.21. The Hall–Kier alpha value is -3.02. The van der Waals surface area contributed by atoms with Crippen LogP contribution in [0, 0.1) is 5.82 Å². The smallest absolute Gasteiger partial charge is 0.356 e. The molecule has 0 aliphatic heterocycles. The highest BCUT2D eigenvalue weighted by molar-refractivity contribution is 5.87. The summed E-state index contributed by atoms with van der Waals surface area (Å²) >= 11 is 0. The van der Waals surface area contributed by atoms with Crippen LogP contribution in [-0.4, -0.2) is 25.8 Å². The number of hydrogen-bond acceptors (Lipinski definition) is 3. The first-order valence-corrected chi connectivity index (χ1v) is 6.16. The number of halogens is 1. The molecular weight excluding hydrogens is 273 g/mol. The van der Waals surface area contributed by atoms with E-state index in [1.165, 1.54) is 16.8 Å². The summed E-state index contributed by atoms with van der Waals surface area (Å²) < 4.78 is 15.3. The number of aromatic carboxylic acids is 1. The Balaban J connectivity index is 2.24. The molecule has 0 radical (unpaired) electrons. The van der Waals surface area contributed by atoms with Gasteiger partial charge in [0.05, 0.1) is 5.69 Å². The third kappa shape index (κ3) is 2.38. The molecule has 0 amide bonds. The molecule has 1 aromatic carbocycles. The molecule has 104 valence electrons. The number of hydrogen-bond donors (Lipinski definition) is 1. The normalized spacial score (nSPS) is 10.5. The molecule has 1 N–H and O–H groups in total. The minimum absolute atomic E-state index is 0.168. The first-order chi connectivity index (χ1) is 10.2. The molecule has 0 aliphatic carbocycles. The summed E-state index contributed by atoms with van der Waals surface area (Å²) in [6, 6.07) is 12.6. The maximum atomic E-state index is 14.0. The van der Waals surface area contributed by atoms with Gasteiger partial charge in [0.1, 0.15) is 5.82 Å². The van der Waals surface area contributed by atoms with Crippen molar-refractivity contribution >= 4 is 5.97 Å². The van der Waals surface area contributed by atoms with E-state index in [1.807, 2.05) is 0 Å². The van der Waals surface area contributed by atoms with Gasteiger partial charge >= 0.3 is 5.97 Å². The van der Waals surface area contributed by atoms with Crippen LogP contribution in [0.2, 0.25) is 0 Å². The summed E-state index contributed by atoms with van der Waals surface area (Å²) in [4.78, 5) is 15.2. The van der Waals surface area contributed by atoms with E-state index in [9.17, 15) is 9.18 Å². The molecule has 0 bridgehead atoms. The molecule has 3 aromatic rings. The monoisotopic (exact) mass is 283 g/mol. The maximum Gasteiger partial charge on any atom is 0.356 e. The molecule has 0 saturated heterocycles. The molecule has 2 heterocycles. The highest BCUT2D eigenvalue weighted by atomic mass is 19.1. The lowest BCUT2D eigenvalue weighted by Gasteiger charge is -2.06. The molecule has 6 heteroatoms. The van der Waals surface area contributed by atoms with Gasteiger partial charge < -0.3 is 5.11 Å². The van der Waals surface area contributed by atoms with Crippen molar-refractivity contribution in [3.05, 3.63) is 66.2 Å². The highest BCUT2D eigenvalue weighted by Gasteiger charge is 2.18. The number of carboxylic acids is 1. The van der Waals surface area contributed by atoms with Gasteiger partial charge in [-0.05, 0) is 30.3 Å². The van der Waals surface area contributed by atoms with Crippen LogP contribution in [0.5, 0.6) is 0 Å². The Kier molecular flexibility index (Phi) is 3.19. The predicted molar refractivity (Wildman–Crippen MR) is 73.7 cm³/mol. The van der Waals surface area contributed by atoms with Crippen LogP contribution in [0.1, 0.15) is 10.5 Å². The summed E-state index contributed by atoms with van der Waals surface area (Å²) in [6.07, 6.45) is 1.56. The fourth-order valence-corrected chi connectivity index (χ4v) is 2.00. The lowest BCUT2D eigenvalue weighted by atomic mass is 10.1. The SMILES string of the molecule is O=C(O)c1cc(-c2ccccc2F)n(-c2ccccn2)n1.